The second-order valence-corrected chi connectivity index (χ2v) is 4.09. The first-order valence-corrected chi connectivity index (χ1v) is 5.46. The Morgan fingerprint density at radius 1 is 1.56 bits per heavy atom. The first-order valence-electron chi connectivity index (χ1n) is 5.46. The molecule has 8 heteroatoms. The van der Waals surface area contributed by atoms with Gasteiger partial charge in [-0.05, 0) is 6.92 Å². The smallest absolute Gasteiger partial charge is 0.159 e. The van der Waals surface area contributed by atoms with E-state index in [-0.39, 0.29) is 5.82 Å². The van der Waals surface area contributed by atoms with Gasteiger partial charge in [0.05, 0.1) is 6.61 Å². The molecule has 0 aromatic carbocycles. The molecule has 1 unspecified atom stereocenters. The molecule has 100 valence electrons. The van der Waals surface area contributed by atoms with Gasteiger partial charge in [0.2, 0.25) is 0 Å². The van der Waals surface area contributed by atoms with Gasteiger partial charge in [0, 0.05) is 5.56 Å². The average Bonchev–Trinajstić information content (AvgIpc) is 2.63. The third kappa shape index (κ3) is 2.22. The van der Waals surface area contributed by atoms with Crippen LogP contribution in [0.1, 0.15) is 5.56 Å². The Kier molecular flexibility index (Phi) is 3.60. The van der Waals surface area contributed by atoms with E-state index in [0.29, 0.717) is 11.4 Å². The van der Waals surface area contributed by atoms with Gasteiger partial charge in [0.25, 0.3) is 0 Å². The van der Waals surface area contributed by atoms with Crippen LogP contribution in [0.3, 0.4) is 0 Å². The number of nitrogens with two attached hydrogens (primary N) is 1. The Hall–Kier alpha value is -1.51. The van der Waals surface area contributed by atoms with Crippen LogP contribution in [0.5, 0.6) is 0 Å². The number of nitrogens with zero attached hydrogens (tertiary/aromatic N) is 2. The molecular formula is C10H15FN4O3. The fraction of sp³-hybridized carbons (Fsp3) is 0.600. The van der Waals surface area contributed by atoms with E-state index in [9.17, 15) is 9.50 Å². The number of aliphatic hydroxyl groups is 2. The lowest BCUT2D eigenvalue weighted by Crippen LogP contribution is -2.34. The average molecular weight is 258 g/mol. The van der Waals surface area contributed by atoms with Gasteiger partial charge in [0.1, 0.15) is 30.2 Å². The van der Waals surface area contributed by atoms with E-state index in [1.165, 1.54) is 6.33 Å². The monoisotopic (exact) mass is 258 g/mol. The SMILES string of the molecule is Cc1c(N)ncnc1NC1O[C@H](CO)[C@@H](F)[C@H]1O. The van der Waals surface area contributed by atoms with Crippen molar-refractivity contribution in [3.8, 4) is 0 Å². The molecule has 0 radical (unpaired) electrons. The topological polar surface area (TPSA) is 114 Å². The van der Waals surface area contributed by atoms with Gasteiger partial charge in [-0.15, -0.1) is 0 Å². The van der Waals surface area contributed by atoms with E-state index < -0.39 is 31.2 Å². The Morgan fingerprint density at radius 3 is 2.89 bits per heavy atom. The zero-order chi connectivity index (χ0) is 13.3. The van der Waals surface area contributed by atoms with Crippen molar-refractivity contribution in [2.45, 2.75) is 31.5 Å². The number of alkyl halides is 1. The number of nitrogen functional groups attached to an aromatic ring is 1. The maximum absolute atomic E-state index is 13.5. The highest BCUT2D eigenvalue weighted by atomic mass is 19.1. The van der Waals surface area contributed by atoms with Crippen molar-refractivity contribution in [1.29, 1.82) is 0 Å². The highest BCUT2D eigenvalue weighted by molar-refractivity contribution is 5.54. The summed E-state index contributed by atoms with van der Waals surface area (Å²) in [5.74, 6) is 0.646. The molecule has 0 spiro atoms. The summed E-state index contributed by atoms with van der Waals surface area (Å²) >= 11 is 0. The van der Waals surface area contributed by atoms with E-state index in [4.69, 9.17) is 15.6 Å². The maximum atomic E-state index is 13.5. The minimum atomic E-state index is -1.65. The lowest BCUT2D eigenvalue weighted by Gasteiger charge is -2.18. The molecule has 0 bridgehead atoms. The molecule has 0 aliphatic carbocycles. The van der Waals surface area contributed by atoms with Crippen LogP contribution in [0.15, 0.2) is 6.33 Å². The van der Waals surface area contributed by atoms with Gasteiger partial charge >= 0.3 is 0 Å². The molecule has 7 nitrogen and oxygen atoms in total. The Bertz CT molecular complexity index is 434. The maximum Gasteiger partial charge on any atom is 0.159 e. The van der Waals surface area contributed by atoms with Gasteiger partial charge in [-0.25, -0.2) is 14.4 Å². The predicted octanol–water partition coefficient (Wildman–Crippen LogP) is -0.805. The molecule has 0 saturated carbocycles. The zero-order valence-electron chi connectivity index (χ0n) is 9.75. The predicted molar refractivity (Wildman–Crippen MR) is 61.5 cm³/mol. The molecule has 0 amide bonds. The van der Waals surface area contributed by atoms with Crippen LogP contribution in [0.25, 0.3) is 0 Å². The number of nitrogens with one attached hydrogen (secondary N) is 1. The minimum Gasteiger partial charge on any atom is -0.394 e. The van der Waals surface area contributed by atoms with Crippen molar-refractivity contribution >= 4 is 11.6 Å². The molecule has 1 aliphatic rings. The number of hydrogen-bond acceptors (Lipinski definition) is 7. The molecule has 18 heavy (non-hydrogen) atoms. The quantitative estimate of drug-likeness (QED) is 0.561. The largest absolute Gasteiger partial charge is 0.394 e. The molecule has 1 fully saturated rings. The van der Waals surface area contributed by atoms with E-state index in [1.54, 1.807) is 6.92 Å². The summed E-state index contributed by atoms with van der Waals surface area (Å²) in [5.41, 5.74) is 6.18. The molecule has 2 rings (SSSR count). The van der Waals surface area contributed by atoms with E-state index >= 15 is 0 Å². The van der Waals surface area contributed by atoms with Crippen LogP contribution in [0.4, 0.5) is 16.0 Å². The van der Waals surface area contributed by atoms with Crippen molar-refractivity contribution < 1.29 is 19.3 Å². The number of rotatable bonds is 3. The van der Waals surface area contributed by atoms with Gasteiger partial charge in [-0.2, -0.15) is 0 Å². The third-order valence-electron chi connectivity index (χ3n) is 2.90. The summed E-state index contributed by atoms with van der Waals surface area (Å²) in [4.78, 5) is 7.72. The molecule has 1 aromatic heterocycles. The second-order valence-electron chi connectivity index (χ2n) is 4.09. The Labute approximate surface area is 103 Å². The summed E-state index contributed by atoms with van der Waals surface area (Å²) in [6.45, 7) is 1.19. The fourth-order valence-corrected chi connectivity index (χ4v) is 1.74. The second kappa shape index (κ2) is 5.01. The minimum absolute atomic E-state index is 0.287. The van der Waals surface area contributed by atoms with Crippen LogP contribution in [-0.2, 0) is 4.74 Å². The lowest BCUT2D eigenvalue weighted by molar-refractivity contribution is -0.000533. The van der Waals surface area contributed by atoms with Crippen LogP contribution in [-0.4, -0.2) is 51.4 Å². The number of ether oxygens (including phenoxy) is 1. The summed E-state index contributed by atoms with van der Waals surface area (Å²) in [6, 6.07) is 0. The molecule has 1 aromatic rings. The van der Waals surface area contributed by atoms with E-state index in [2.05, 4.69) is 15.3 Å². The highest BCUT2D eigenvalue weighted by Gasteiger charge is 2.44. The molecule has 4 atom stereocenters. The van der Waals surface area contributed by atoms with Gasteiger partial charge < -0.3 is 26.0 Å². The summed E-state index contributed by atoms with van der Waals surface area (Å²) in [6.07, 6.45) is -3.80. The van der Waals surface area contributed by atoms with Crippen LogP contribution in [0.2, 0.25) is 0 Å². The van der Waals surface area contributed by atoms with E-state index in [1.807, 2.05) is 0 Å². The number of anilines is 2. The van der Waals surface area contributed by atoms with Crippen molar-refractivity contribution in [1.82, 2.24) is 9.97 Å². The summed E-state index contributed by atoms with van der Waals surface area (Å²) < 4.78 is 18.6. The number of aliphatic hydroxyl groups excluding tert-OH is 2. The summed E-state index contributed by atoms with van der Waals surface area (Å²) in [5, 5.41) is 21.3. The summed E-state index contributed by atoms with van der Waals surface area (Å²) in [7, 11) is 0. The molecule has 1 aliphatic heterocycles. The van der Waals surface area contributed by atoms with Gasteiger partial charge in [0.15, 0.2) is 12.4 Å². The number of aromatic nitrogens is 2. The van der Waals surface area contributed by atoms with Crippen molar-refractivity contribution in [3.05, 3.63) is 11.9 Å². The molecular weight excluding hydrogens is 243 g/mol. The molecule has 1 saturated heterocycles. The number of halogens is 1. The van der Waals surface area contributed by atoms with Gasteiger partial charge in [-0.1, -0.05) is 0 Å². The van der Waals surface area contributed by atoms with Crippen LogP contribution in [0, 0.1) is 6.92 Å². The molecule has 5 N–H and O–H groups in total. The van der Waals surface area contributed by atoms with Crippen LogP contribution < -0.4 is 11.1 Å². The van der Waals surface area contributed by atoms with Crippen molar-refractivity contribution in [2.24, 2.45) is 0 Å². The zero-order valence-corrected chi connectivity index (χ0v) is 9.75. The highest BCUT2D eigenvalue weighted by Crippen LogP contribution is 2.26. The first kappa shape index (κ1) is 12.9. The normalized spacial score (nSPS) is 31.6. The van der Waals surface area contributed by atoms with Crippen molar-refractivity contribution in [3.63, 3.8) is 0 Å². The van der Waals surface area contributed by atoms with E-state index in [0.717, 1.165) is 0 Å². The first-order chi connectivity index (χ1) is 8.54. The molecule has 2 heterocycles. The van der Waals surface area contributed by atoms with Crippen LogP contribution >= 0.6 is 0 Å². The van der Waals surface area contributed by atoms with Gasteiger partial charge in [-0.3, -0.25) is 0 Å². The standard InChI is InChI=1S/C10H15FN4O3/c1-4-8(12)13-3-14-9(4)15-10-7(17)6(11)5(2-16)18-10/h3,5-7,10,16-17H,2H2,1H3,(H3,12,13,14,15)/t5-,6-,7-,10?/m1/s1. The van der Waals surface area contributed by atoms with Crippen molar-refractivity contribution in [2.75, 3.05) is 17.7 Å². The third-order valence-corrected chi connectivity index (χ3v) is 2.90. The lowest BCUT2D eigenvalue weighted by atomic mass is 10.1. The fourth-order valence-electron chi connectivity index (χ4n) is 1.74. The Balaban J connectivity index is 2.13. The number of hydrogen-bond donors (Lipinski definition) is 4. The Morgan fingerprint density at radius 2 is 2.28 bits per heavy atom.